The van der Waals surface area contributed by atoms with Gasteiger partial charge in [-0.3, -0.25) is 4.79 Å². The number of aliphatic carboxylic acids is 1. The molecule has 1 amide bonds. The van der Waals surface area contributed by atoms with Crippen LogP contribution in [0.2, 0.25) is 0 Å². The van der Waals surface area contributed by atoms with Crippen LogP contribution < -0.4 is 4.74 Å². The van der Waals surface area contributed by atoms with E-state index in [-0.39, 0.29) is 11.2 Å². The number of carbonyl (C=O) groups excluding carboxylic acids is 1. The standard InChI is InChI=1S/C15H15F3N2O4/c1-14(2,13(22)23)20(3)12(21)11-6-8-4-5-9(7-10(8)19-11)24-15(16,17)18/h4-7,19H,1-3H3,(H,22,23). The summed E-state index contributed by atoms with van der Waals surface area (Å²) in [5.74, 6) is -2.21. The van der Waals surface area contributed by atoms with Crippen molar-refractivity contribution in [3.8, 4) is 5.75 Å². The number of aromatic amines is 1. The first-order valence-electron chi connectivity index (χ1n) is 6.82. The summed E-state index contributed by atoms with van der Waals surface area (Å²) in [6.07, 6.45) is -4.81. The van der Waals surface area contributed by atoms with Gasteiger partial charge in [0.2, 0.25) is 0 Å². The van der Waals surface area contributed by atoms with E-state index < -0.39 is 29.5 Å². The first-order valence-corrected chi connectivity index (χ1v) is 6.82. The van der Waals surface area contributed by atoms with Crippen LogP contribution in [-0.4, -0.2) is 45.8 Å². The van der Waals surface area contributed by atoms with Crippen molar-refractivity contribution in [1.29, 1.82) is 0 Å². The maximum atomic E-state index is 12.4. The van der Waals surface area contributed by atoms with E-state index in [1.54, 1.807) is 0 Å². The van der Waals surface area contributed by atoms with Gasteiger partial charge in [0.05, 0.1) is 0 Å². The molecule has 1 aromatic heterocycles. The zero-order chi connectivity index (χ0) is 18.3. The second-order valence-electron chi connectivity index (χ2n) is 5.71. The molecule has 0 saturated heterocycles. The van der Waals surface area contributed by atoms with Gasteiger partial charge in [-0.25, -0.2) is 4.79 Å². The second-order valence-corrected chi connectivity index (χ2v) is 5.71. The number of hydrogen-bond donors (Lipinski definition) is 2. The monoisotopic (exact) mass is 344 g/mol. The summed E-state index contributed by atoms with van der Waals surface area (Å²) in [7, 11) is 1.33. The van der Waals surface area contributed by atoms with E-state index in [2.05, 4.69) is 9.72 Å². The van der Waals surface area contributed by atoms with Crippen LogP contribution in [0.4, 0.5) is 13.2 Å². The molecule has 2 N–H and O–H groups in total. The number of rotatable bonds is 4. The van der Waals surface area contributed by atoms with Crippen LogP contribution in [0.3, 0.4) is 0 Å². The lowest BCUT2D eigenvalue weighted by Gasteiger charge is -2.31. The van der Waals surface area contributed by atoms with Crippen molar-refractivity contribution in [3.05, 3.63) is 30.0 Å². The third-order valence-corrected chi connectivity index (χ3v) is 3.72. The van der Waals surface area contributed by atoms with Gasteiger partial charge >= 0.3 is 12.3 Å². The molecule has 2 aromatic rings. The van der Waals surface area contributed by atoms with Gasteiger partial charge in [-0.05, 0) is 32.0 Å². The van der Waals surface area contributed by atoms with Crippen molar-refractivity contribution >= 4 is 22.8 Å². The number of H-pyrrole nitrogens is 1. The molecule has 1 heterocycles. The number of carboxylic acids is 1. The van der Waals surface area contributed by atoms with Crippen LogP contribution in [0.25, 0.3) is 10.9 Å². The summed E-state index contributed by atoms with van der Waals surface area (Å²) in [5, 5.41) is 9.66. The summed E-state index contributed by atoms with van der Waals surface area (Å²) in [4.78, 5) is 27.3. The summed E-state index contributed by atoms with van der Waals surface area (Å²) in [6.45, 7) is 2.73. The summed E-state index contributed by atoms with van der Waals surface area (Å²) in [5.41, 5.74) is -1.12. The fraction of sp³-hybridized carbons (Fsp3) is 0.333. The molecule has 0 saturated carbocycles. The van der Waals surface area contributed by atoms with Gasteiger partial charge in [0.1, 0.15) is 17.0 Å². The predicted octanol–water partition coefficient (Wildman–Crippen LogP) is 3.00. The first kappa shape index (κ1) is 17.6. The van der Waals surface area contributed by atoms with Gasteiger partial charge in [-0.2, -0.15) is 0 Å². The molecule has 0 unspecified atom stereocenters. The van der Waals surface area contributed by atoms with Crippen molar-refractivity contribution < 1.29 is 32.6 Å². The number of halogens is 3. The smallest absolute Gasteiger partial charge is 0.480 e. The molecule has 0 fully saturated rings. The normalized spacial score (nSPS) is 12.2. The molecule has 24 heavy (non-hydrogen) atoms. The van der Waals surface area contributed by atoms with Crippen molar-refractivity contribution in [2.24, 2.45) is 0 Å². The Kier molecular flexibility index (Phi) is 4.21. The van der Waals surface area contributed by atoms with Crippen LogP contribution in [0, 0.1) is 0 Å². The molecule has 2 rings (SSSR count). The Bertz CT molecular complexity index is 796. The van der Waals surface area contributed by atoms with Gasteiger partial charge in [-0.15, -0.1) is 13.2 Å². The Morgan fingerprint density at radius 1 is 1.21 bits per heavy atom. The van der Waals surface area contributed by atoms with Crippen LogP contribution in [-0.2, 0) is 4.79 Å². The molecule has 0 aliphatic rings. The third-order valence-electron chi connectivity index (χ3n) is 3.72. The molecule has 0 aliphatic carbocycles. The van der Waals surface area contributed by atoms with E-state index in [0.29, 0.717) is 5.39 Å². The lowest BCUT2D eigenvalue weighted by Crippen LogP contribution is -2.50. The van der Waals surface area contributed by atoms with Crippen LogP contribution >= 0.6 is 0 Å². The third kappa shape index (κ3) is 3.44. The van der Waals surface area contributed by atoms with E-state index in [9.17, 15) is 22.8 Å². The highest BCUT2D eigenvalue weighted by Crippen LogP contribution is 2.27. The van der Waals surface area contributed by atoms with Gasteiger partial charge in [0, 0.05) is 24.0 Å². The number of alkyl halides is 3. The fourth-order valence-electron chi connectivity index (χ4n) is 2.00. The lowest BCUT2D eigenvalue weighted by molar-refractivity contribution is -0.274. The molecule has 130 valence electrons. The fourth-order valence-corrected chi connectivity index (χ4v) is 2.00. The second kappa shape index (κ2) is 5.73. The molecule has 6 nitrogen and oxygen atoms in total. The van der Waals surface area contributed by atoms with Crippen LogP contribution in [0.5, 0.6) is 5.75 Å². The Morgan fingerprint density at radius 2 is 1.83 bits per heavy atom. The number of benzene rings is 1. The minimum atomic E-state index is -4.81. The SMILES string of the molecule is CN(C(=O)c1cc2ccc(OC(F)(F)F)cc2[nH]1)C(C)(C)C(=O)O. The number of nitrogens with one attached hydrogen (secondary N) is 1. The molecular formula is C15H15F3N2O4. The summed E-state index contributed by atoms with van der Waals surface area (Å²) < 4.78 is 40.5. The highest BCUT2D eigenvalue weighted by atomic mass is 19.4. The molecule has 1 aromatic carbocycles. The molecule has 0 spiro atoms. The number of carbonyl (C=O) groups is 2. The Morgan fingerprint density at radius 3 is 2.38 bits per heavy atom. The zero-order valence-electron chi connectivity index (χ0n) is 13.1. The maximum absolute atomic E-state index is 12.4. The highest BCUT2D eigenvalue weighted by Gasteiger charge is 2.36. The van der Waals surface area contributed by atoms with Crippen molar-refractivity contribution in [2.75, 3.05) is 7.05 Å². The Labute approximate surface area is 134 Å². The van der Waals surface area contributed by atoms with Gasteiger partial charge in [0.25, 0.3) is 5.91 Å². The number of hydrogen-bond acceptors (Lipinski definition) is 3. The number of fused-ring (bicyclic) bond motifs is 1. The molecule has 0 atom stereocenters. The largest absolute Gasteiger partial charge is 0.573 e. The van der Waals surface area contributed by atoms with E-state index in [1.165, 1.54) is 33.0 Å². The summed E-state index contributed by atoms with van der Waals surface area (Å²) >= 11 is 0. The average molecular weight is 344 g/mol. The van der Waals surface area contributed by atoms with E-state index in [1.807, 2.05) is 0 Å². The number of likely N-dealkylation sites (N-methyl/N-ethyl adjacent to an activating group) is 1. The minimum absolute atomic E-state index is 0.0611. The number of ether oxygens (including phenoxy) is 1. The Hall–Kier alpha value is -2.71. The zero-order valence-corrected chi connectivity index (χ0v) is 13.1. The summed E-state index contributed by atoms with van der Waals surface area (Å²) in [6, 6.07) is 5.04. The molecular weight excluding hydrogens is 329 g/mol. The Balaban J connectivity index is 2.34. The number of aromatic nitrogens is 1. The average Bonchev–Trinajstić information content (AvgIpc) is 2.86. The van der Waals surface area contributed by atoms with Crippen molar-refractivity contribution in [2.45, 2.75) is 25.7 Å². The number of carboxylic acid groups (broad SMARTS) is 1. The predicted molar refractivity (Wildman–Crippen MR) is 78.8 cm³/mol. The quantitative estimate of drug-likeness (QED) is 0.893. The maximum Gasteiger partial charge on any atom is 0.573 e. The minimum Gasteiger partial charge on any atom is -0.480 e. The van der Waals surface area contributed by atoms with Gasteiger partial charge in [-0.1, -0.05) is 0 Å². The topological polar surface area (TPSA) is 82.6 Å². The lowest BCUT2D eigenvalue weighted by atomic mass is 10.0. The highest BCUT2D eigenvalue weighted by molar-refractivity contribution is 6.00. The van der Waals surface area contributed by atoms with E-state index in [4.69, 9.17) is 5.11 Å². The van der Waals surface area contributed by atoms with Crippen molar-refractivity contribution in [1.82, 2.24) is 9.88 Å². The van der Waals surface area contributed by atoms with Crippen molar-refractivity contribution in [3.63, 3.8) is 0 Å². The first-order chi connectivity index (χ1) is 10.9. The molecule has 9 heteroatoms. The van der Waals surface area contributed by atoms with E-state index >= 15 is 0 Å². The van der Waals surface area contributed by atoms with Gasteiger partial charge < -0.3 is 19.7 Å². The molecule has 0 bridgehead atoms. The van der Waals surface area contributed by atoms with Crippen LogP contribution in [0.1, 0.15) is 24.3 Å². The van der Waals surface area contributed by atoms with Gasteiger partial charge in [0.15, 0.2) is 0 Å². The van der Waals surface area contributed by atoms with Crippen LogP contribution in [0.15, 0.2) is 24.3 Å². The van der Waals surface area contributed by atoms with E-state index in [0.717, 1.165) is 17.0 Å². The number of nitrogens with zero attached hydrogens (tertiary/aromatic N) is 1. The molecule has 0 radical (unpaired) electrons. The number of amides is 1. The molecule has 0 aliphatic heterocycles.